The van der Waals surface area contributed by atoms with Gasteiger partial charge in [0.05, 0.1) is 10.2 Å². The average Bonchev–Trinajstić information content (AvgIpc) is 2.22. The van der Waals surface area contributed by atoms with Crippen molar-refractivity contribution in [1.82, 2.24) is 4.98 Å². The van der Waals surface area contributed by atoms with Gasteiger partial charge in [-0.2, -0.15) is 0 Å². The van der Waals surface area contributed by atoms with Gasteiger partial charge in [-0.25, -0.2) is 4.98 Å². The van der Waals surface area contributed by atoms with Crippen molar-refractivity contribution in [3.8, 4) is 0 Å². The summed E-state index contributed by atoms with van der Waals surface area (Å²) < 4.78 is 0.930. The monoisotopic (exact) mass is 269 g/mol. The van der Waals surface area contributed by atoms with Crippen LogP contribution in [0.4, 0.5) is 11.5 Å². The Hall–Kier alpha value is -0.770. The molecule has 82 valence electrons. The molecule has 3 nitrogen and oxygen atoms in total. The molecule has 1 atom stereocenters. The van der Waals surface area contributed by atoms with E-state index in [9.17, 15) is 0 Å². The van der Waals surface area contributed by atoms with Gasteiger partial charge in [0, 0.05) is 19.3 Å². The van der Waals surface area contributed by atoms with Crippen molar-refractivity contribution in [3.05, 3.63) is 16.7 Å². The average molecular weight is 270 g/mol. The molecule has 0 spiro atoms. The van der Waals surface area contributed by atoms with Gasteiger partial charge in [0.2, 0.25) is 0 Å². The number of nitrogens with zero attached hydrogens (tertiary/aromatic N) is 2. The summed E-state index contributed by atoms with van der Waals surface area (Å²) in [5, 5.41) is 0. The third-order valence-electron chi connectivity index (χ3n) is 2.86. The lowest BCUT2D eigenvalue weighted by molar-refractivity contribution is 0.444. The second-order valence-corrected chi connectivity index (χ2v) is 5.02. The number of nitrogen functional groups attached to an aromatic ring is 1. The van der Waals surface area contributed by atoms with Gasteiger partial charge in [0.25, 0.3) is 0 Å². The van der Waals surface area contributed by atoms with E-state index in [1.54, 1.807) is 6.20 Å². The largest absolute Gasteiger partial charge is 0.398 e. The van der Waals surface area contributed by atoms with Crippen LogP contribution in [0.3, 0.4) is 0 Å². The SMILES string of the molecule is CC1CCCN(c2nccc(N)c2Br)C1. The fourth-order valence-electron chi connectivity index (χ4n) is 2.05. The highest BCUT2D eigenvalue weighted by molar-refractivity contribution is 9.10. The van der Waals surface area contributed by atoms with Crippen LogP contribution in [0.1, 0.15) is 19.8 Å². The maximum atomic E-state index is 5.85. The van der Waals surface area contributed by atoms with Gasteiger partial charge in [0.15, 0.2) is 0 Å². The molecule has 2 N–H and O–H groups in total. The molecule has 0 aromatic carbocycles. The van der Waals surface area contributed by atoms with Gasteiger partial charge in [-0.15, -0.1) is 0 Å². The number of anilines is 2. The van der Waals surface area contributed by atoms with Crippen LogP contribution in [0, 0.1) is 5.92 Å². The van der Waals surface area contributed by atoms with Crippen molar-refractivity contribution in [2.24, 2.45) is 5.92 Å². The molecule has 2 rings (SSSR count). The maximum Gasteiger partial charge on any atom is 0.144 e. The summed E-state index contributed by atoms with van der Waals surface area (Å²) in [7, 11) is 0. The molecule has 1 aliphatic rings. The van der Waals surface area contributed by atoms with Crippen LogP contribution in [0.25, 0.3) is 0 Å². The minimum atomic E-state index is 0.744. The Morgan fingerprint density at radius 3 is 3.13 bits per heavy atom. The molecule has 1 aromatic rings. The Balaban J connectivity index is 2.24. The smallest absolute Gasteiger partial charge is 0.144 e. The van der Waals surface area contributed by atoms with Crippen LogP contribution in [0.15, 0.2) is 16.7 Å². The lowest BCUT2D eigenvalue weighted by atomic mass is 10.0. The molecule has 0 amide bonds. The highest BCUT2D eigenvalue weighted by Crippen LogP contribution is 2.31. The second-order valence-electron chi connectivity index (χ2n) is 4.23. The minimum Gasteiger partial charge on any atom is -0.398 e. The highest BCUT2D eigenvalue weighted by Gasteiger charge is 2.19. The Morgan fingerprint density at radius 1 is 1.60 bits per heavy atom. The van der Waals surface area contributed by atoms with Gasteiger partial charge in [0.1, 0.15) is 5.82 Å². The van der Waals surface area contributed by atoms with Crippen molar-refractivity contribution in [2.75, 3.05) is 23.7 Å². The molecule has 1 aromatic heterocycles. The third kappa shape index (κ3) is 2.25. The van der Waals surface area contributed by atoms with E-state index in [1.807, 2.05) is 6.07 Å². The van der Waals surface area contributed by atoms with Crippen LogP contribution in [0.2, 0.25) is 0 Å². The summed E-state index contributed by atoms with van der Waals surface area (Å²) in [5.41, 5.74) is 6.61. The fraction of sp³-hybridized carbons (Fsp3) is 0.545. The van der Waals surface area contributed by atoms with Crippen molar-refractivity contribution >= 4 is 27.4 Å². The molecule has 0 saturated carbocycles. The molecule has 4 heteroatoms. The van der Waals surface area contributed by atoms with E-state index in [-0.39, 0.29) is 0 Å². The lowest BCUT2D eigenvalue weighted by Crippen LogP contribution is -2.35. The van der Waals surface area contributed by atoms with Gasteiger partial charge < -0.3 is 10.6 Å². The van der Waals surface area contributed by atoms with E-state index in [2.05, 4.69) is 32.7 Å². The Labute approximate surface area is 98.8 Å². The predicted octanol–water partition coefficient (Wildman–Crippen LogP) is 2.66. The molecule has 15 heavy (non-hydrogen) atoms. The summed E-state index contributed by atoms with van der Waals surface area (Å²) in [6, 6.07) is 1.82. The normalized spacial score (nSPS) is 21.7. The highest BCUT2D eigenvalue weighted by atomic mass is 79.9. The van der Waals surface area contributed by atoms with Gasteiger partial charge in [-0.05, 0) is 40.8 Å². The van der Waals surface area contributed by atoms with Crippen LogP contribution in [-0.2, 0) is 0 Å². The van der Waals surface area contributed by atoms with Crippen molar-refractivity contribution < 1.29 is 0 Å². The first-order chi connectivity index (χ1) is 7.18. The van der Waals surface area contributed by atoms with Gasteiger partial charge in [-0.1, -0.05) is 6.92 Å². The molecule has 0 aliphatic carbocycles. The quantitative estimate of drug-likeness (QED) is 0.853. The van der Waals surface area contributed by atoms with Crippen LogP contribution < -0.4 is 10.6 Å². The topological polar surface area (TPSA) is 42.2 Å². The molecule has 1 fully saturated rings. The van der Waals surface area contributed by atoms with Crippen molar-refractivity contribution in [2.45, 2.75) is 19.8 Å². The summed E-state index contributed by atoms with van der Waals surface area (Å²) in [6.07, 6.45) is 4.33. The molecule has 1 saturated heterocycles. The van der Waals surface area contributed by atoms with E-state index < -0.39 is 0 Å². The van der Waals surface area contributed by atoms with E-state index in [0.717, 1.165) is 35.0 Å². The predicted molar refractivity (Wildman–Crippen MR) is 67.0 cm³/mol. The van der Waals surface area contributed by atoms with E-state index in [0.29, 0.717) is 0 Å². The van der Waals surface area contributed by atoms with Crippen LogP contribution in [-0.4, -0.2) is 18.1 Å². The number of halogens is 1. The number of pyridine rings is 1. The number of hydrogen-bond donors (Lipinski definition) is 1. The van der Waals surface area contributed by atoms with Crippen LogP contribution >= 0.6 is 15.9 Å². The molecular formula is C11H16BrN3. The third-order valence-corrected chi connectivity index (χ3v) is 3.67. The molecular weight excluding hydrogens is 254 g/mol. The Morgan fingerprint density at radius 2 is 2.40 bits per heavy atom. The molecule has 0 bridgehead atoms. The maximum absolute atomic E-state index is 5.85. The fourth-order valence-corrected chi connectivity index (χ4v) is 2.53. The Kier molecular flexibility index (Phi) is 3.14. The number of piperidine rings is 1. The molecule has 0 radical (unpaired) electrons. The number of nitrogens with two attached hydrogens (primary N) is 1. The van der Waals surface area contributed by atoms with E-state index >= 15 is 0 Å². The van der Waals surface area contributed by atoms with E-state index in [4.69, 9.17) is 5.73 Å². The van der Waals surface area contributed by atoms with Crippen molar-refractivity contribution in [1.29, 1.82) is 0 Å². The lowest BCUT2D eigenvalue weighted by Gasteiger charge is -2.32. The number of rotatable bonds is 1. The summed E-state index contributed by atoms with van der Waals surface area (Å²) in [5.74, 6) is 1.73. The summed E-state index contributed by atoms with van der Waals surface area (Å²) in [6.45, 7) is 4.45. The Bertz CT molecular complexity index is 354. The first-order valence-electron chi connectivity index (χ1n) is 5.33. The van der Waals surface area contributed by atoms with Gasteiger partial charge >= 0.3 is 0 Å². The van der Waals surface area contributed by atoms with Gasteiger partial charge in [-0.3, -0.25) is 0 Å². The zero-order chi connectivity index (χ0) is 10.8. The number of aromatic nitrogens is 1. The number of hydrogen-bond acceptors (Lipinski definition) is 3. The molecule has 1 aliphatic heterocycles. The first kappa shape index (κ1) is 10.7. The summed E-state index contributed by atoms with van der Waals surface area (Å²) >= 11 is 3.51. The zero-order valence-electron chi connectivity index (χ0n) is 8.91. The van der Waals surface area contributed by atoms with E-state index in [1.165, 1.54) is 12.8 Å². The first-order valence-corrected chi connectivity index (χ1v) is 6.12. The van der Waals surface area contributed by atoms with Crippen LogP contribution in [0.5, 0.6) is 0 Å². The standard InChI is InChI=1S/C11H16BrN3/c1-8-3-2-6-15(7-8)11-10(12)9(13)4-5-14-11/h4-5,8H,2-3,6-7H2,1H3,(H2,13,14). The molecule has 2 heterocycles. The van der Waals surface area contributed by atoms with Crippen molar-refractivity contribution in [3.63, 3.8) is 0 Å². The second kappa shape index (κ2) is 4.39. The molecule has 1 unspecified atom stereocenters. The minimum absolute atomic E-state index is 0.744. The summed E-state index contributed by atoms with van der Waals surface area (Å²) in [4.78, 5) is 6.71. The zero-order valence-corrected chi connectivity index (χ0v) is 10.5.